The molecule has 20 heavy (non-hydrogen) atoms. The van der Waals surface area contributed by atoms with Gasteiger partial charge in [0.15, 0.2) is 0 Å². The molecular formula is C15H15N3O2. The number of amides is 1. The van der Waals surface area contributed by atoms with Gasteiger partial charge in [0.05, 0.1) is 12.3 Å². The molecule has 0 unspecified atom stereocenters. The second kappa shape index (κ2) is 5.38. The molecular weight excluding hydrogens is 254 g/mol. The number of anilines is 1. The van der Waals surface area contributed by atoms with E-state index in [-0.39, 0.29) is 12.5 Å². The van der Waals surface area contributed by atoms with Crippen LogP contribution in [0.25, 0.3) is 11.3 Å². The molecule has 1 aliphatic heterocycles. The minimum atomic E-state index is 0.0413. The van der Waals surface area contributed by atoms with Gasteiger partial charge < -0.3 is 10.4 Å². The number of fused-ring (bicyclic) bond motifs is 1. The van der Waals surface area contributed by atoms with E-state index in [4.69, 9.17) is 5.11 Å². The van der Waals surface area contributed by atoms with Crippen LogP contribution in [0.15, 0.2) is 30.5 Å². The SMILES string of the molecule is O=C1CCc2cc(-c3ccnc(CCO)n3)ccc2N1. The fraction of sp³-hybridized carbons (Fsp3) is 0.267. The number of carbonyl (C=O) groups is 1. The molecule has 1 aliphatic rings. The van der Waals surface area contributed by atoms with Crippen molar-refractivity contribution in [2.75, 3.05) is 11.9 Å². The second-order valence-electron chi connectivity index (χ2n) is 4.75. The molecule has 1 aromatic carbocycles. The minimum Gasteiger partial charge on any atom is -0.396 e. The van der Waals surface area contributed by atoms with E-state index in [1.165, 1.54) is 0 Å². The highest BCUT2D eigenvalue weighted by atomic mass is 16.3. The topological polar surface area (TPSA) is 75.1 Å². The summed E-state index contributed by atoms with van der Waals surface area (Å²) in [6, 6.07) is 7.76. The van der Waals surface area contributed by atoms with Gasteiger partial charge >= 0.3 is 0 Å². The first-order chi connectivity index (χ1) is 9.76. The third-order valence-electron chi connectivity index (χ3n) is 3.34. The van der Waals surface area contributed by atoms with Gasteiger partial charge in [0, 0.05) is 30.3 Å². The van der Waals surface area contributed by atoms with Crippen molar-refractivity contribution < 1.29 is 9.90 Å². The Bertz CT molecular complexity index is 655. The number of carbonyl (C=O) groups excluding carboxylic acids is 1. The number of aliphatic hydroxyl groups excluding tert-OH is 1. The van der Waals surface area contributed by atoms with E-state index in [0.717, 1.165) is 28.9 Å². The van der Waals surface area contributed by atoms with E-state index in [9.17, 15) is 4.79 Å². The van der Waals surface area contributed by atoms with E-state index in [0.29, 0.717) is 18.7 Å². The molecule has 102 valence electrons. The lowest BCUT2D eigenvalue weighted by Gasteiger charge is -2.17. The normalized spacial score (nSPS) is 13.8. The number of aliphatic hydroxyl groups is 1. The van der Waals surface area contributed by atoms with Crippen molar-refractivity contribution >= 4 is 11.6 Å². The molecule has 0 spiro atoms. The van der Waals surface area contributed by atoms with Crippen molar-refractivity contribution in [3.05, 3.63) is 41.9 Å². The number of rotatable bonds is 3. The minimum absolute atomic E-state index is 0.0413. The zero-order valence-corrected chi connectivity index (χ0v) is 11.0. The summed E-state index contributed by atoms with van der Waals surface area (Å²) in [5.74, 6) is 0.702. The number of aromatic nitrogens is 2. The molecule has 5 heteroatoms. The van der Waals surface area contributed by atoms with Crippen LogP contribution < -0.4 is 5.32 Å². The molecule has 0 aliphatic carbocycles. The number of hydrogen-bond donors (Lipinski definition) is 2. The van der Waals surface area contributed by atoms with Crippen molar-refractivity contribution in [1.29, 1.82) is 0 Å². The van der Waals surface area contributed by atoms with E-state index in [1.807, 2.05) is 18.2 Å². The maximum absolute atomic E-state index is 11.3. The molecule has 1 amide bonds. The van der Waals surface area contributed by atoms with Crippen molar-refractivity contribution in [3.8, 4) is 11.3 Å². The maximum Gasteiger partial charge on any atom is 0.224 e. The monoisotopic (exact) mass is 269 g/mol. The third kappa shape index (κ3) is 2.53. The first kappa shape index (κ1) is 12.7. The van der Waals surface area contributed by atoms with Gasteiger partial charge in [-0.15, -0.1) is 0 Å². The lowest BCUT2D eigenvalue weighted by molar-refractivity contribution is -0.116. The Kier molecular flexibility index (Phi) is 3.43. The highest BCUT2D eigenvalue weighted by Crippen LogP contribution is 2.27. The Hall–Kier alpha value is -2.27. The summed E-state index contributed by atoms with van der Waals surface area (Å²) in [5.41, 5.74) is 3.85. The molecule has 0 fully saturated rings. The van der Waals surface area contributed by atoms with Crippen LogP contribution >= 0.6 is 0 Å². The number of aryl methyl sites for hydroxylation is 1. The molecule has 1 aromatic heterocycles. The first-order valence-corrected chi connectivity index (χ1v) is 6.62. The van der Waals surface area contributed by atoms with Crippen molar-refractivity contribution in [1.82, 2.24) is 9.97 Å². The number of hydrogen-bond acceptors (Lipinski definition) is 4. The van der Waals surface area contributed by atoms with E-state index >= 15 is 0 Å². The molecule has 2 heterocycles. The summed E-state index contributed by atoms with van der Waals surface area (Å²) >= 11 is 0. The van der Waals surface area contributed by atoms with Crippen LogP contribution in [0.3, 0.4) is 0 Å². The summed E-state index contributed by atoms with van der Waals surface area (Å²) in [7, 11) is 0. The van der Waals surface area contributed by atoms with Crippen LogP contribution in [0, 0.1) is 0 Å². The van der Waals surface area contributed by atoms with Crippen LogP contribution in [0.4, 0.5) is 5.69 Å². The summed E-state index contributed by atoms with van der Waals surface area (Å²) in [5, 5.41) is 11.8. The molecule has 5 nitrogen and oxygen atoms in total. The maximum atomic E-state index is 11.3. The van der Waals surface area contributed by atoms with Crippen LogP contribution in [-0.4, -0.2) is 27.6 Å². The van der Waals surface area contributed by atoms with Crippen LogP contribution in [-0.2, 0) is 17.6 Å². The Morgan fingerprint density at radius 3 is 3.00 bits per heavy atom. The molecule has 0 atom stereocenters. The Morgan fingerprint density at radius 1 is 1.25 bits per heavy atom. The van der Waals surface area contributed by atoms with Gasteiger partial charge in [-0.05, 0) is 30.2 Å². The molecule has 2 aromatic rings. The summed E-state index contributed by atoms with van der Waals surface area (Å²) in [4.78, 5) is 19.9. The highest BCUT2D eigenvalue weighted by molar-refractivity contribution is 5.94. The van der Waals surface area contributed by atoms with E-state index < -0.39 is 0 Å². The van der Waals surface area contributed by atoms with Gasteiger partial charge in [0.1, 0.15) is 5.82 Å². The van der Waals surface area contributed by atoms with Gasteiger partial charge in [-0.1, -0.05) is 6.07 Å². The highest BCUT2D eigenvalue weighted by Gasteiger charge is 2.15. The third-order valence-corrected chi connectivity index (χ3v) is 3.34. The summed E-state index contributed by atoms with van der Waals surface area (Å²) in [6.45, 7) is 0.0413. The lowest BCUT2D eigenvalue weighted by atomic mass is 9.99. The molecule has 0 saturated carbocycles. The average Bonchev–Trinajstić information content (AvgIpc) is 2.47. The zero-order chi connectivity index (χ0) is 13.9. The van der Waals surface area contributed by atoms with Gasteiger partial charge in [0.2, 0.25) is 5.91 Å². The van der Waals surface area contributed by atoms with Gasteiger partial charge in [0.25, 0.3) is 0 Å². The predicted molar refractivity (Wildman–Crippen MR) is 75.2 cm³/mol. The standard InChI is InChI=1S/C15H15N3O2/c19-8-6-14-16-7-5-13(17-14)10-1-3-12-11(9-10)2-4-15(20)18-12/h1,3,5,7,9,19H,2,4,6,8H2,(H,18,20). The van der Waals surface area contributed by atoms with Gasteiger partial charge in [-0.3, -0.25) is 4.79 Å². The fourth-order valence-electron chi connectivity index (χ4n) is 2.32. The largest absolute Gasteiger partial charge is 0.396 e. The van der Waals surface area contributed by atoms with E-state index in [2.05, 4.69) is 21.4 Å². The molecule has 2 N–H and O–H groups in total. The molecule has 0 bridgehead atoms. The zero-order valence-electron chi connectivity index (χ0n) is 11.0. The number of benzene rings is 1. The lowest BCUT2D eigenvalue weighted by Crippen LogP contribution is -2.18. The predicted octanol–water partition coefficient (Wildman–Crippen LogP) is 1.56. The van der Waals surface area contributed by atoms with Crippen molar-refractivity contribution in [3.63, 3.8) is 0 Å². The summed E-state index contributed by atoms with van der Waals surface area (Å²) in [6.07, 6.45) is 3.43. The first-order valence-electron chi connectivity index (χ1n) is 6.62. The smallest absolute Gasteiger partial charge is 0.224 e. The Morgan fingerprint density at radius 2 is 2.15 bits per heavy atom. The molecule has 3 rings (SSSR count). The van der Waals surface area contributed by atoms with Crippen molar-refractivity contribution in [2.24, 2.45) is 0 Å². The second-order valence-corrected chi connectivity index (χ2v) is 4.75. The number of nitrogens with zero attached hydrogens (tertiary/aromatic N) is 2. The van der Waals surface area contributed by atoms with E-state index in [1.54, 1.807) is 6.20 Å². The fourth-order valence-corrected chi connectivity index (χ4v) is 2.32. The van der Waals surface area contributed by atoms with Crippen molar-refractivity contribution in [2.45, 2.75) is 19.3 Å². The average molecular weight is 269 g/mol. The van der Waals surface area contributed by atoms with Crippen LogP contribution in [0.2, 0.25) is 0 Å². The van der Waals surface area contributed by atoms with Gasteiger partial charge in [-0.2, -0.15) is 0 Å². The van der Waals surface area contributed by atoms with Gasteiger partial charge in [-0.25, -0.2) is 9.97 Å². The van der Waals surface area contributed by atoms with Crippen LogP contribution in [0.5, 0.6) is 0 Å². The summed E-state index contributed by atoms with van der Waals surface area (Å²) < 4.78 is 0. The Balaban J connectivity index is 1.94. The quantitative estimate of drug-likeness (QED) is 0.886. The van der Waals surface area contributed by atoms with Crippen LogP contribution in [0.1, 0.15) is 17.8 Å². The number of nitrogens with one attached hydrogen (secondary N) is 1. The Labute approximate surface area is 116 Å². The molecule has 0 radical (unpaired) electrons. The molecule has 0 saturated heterocycles.